The van der Waals surface area contributed by atoms with Crippen LogP contribution < -0.4 is 9.46 Å². The maximum Gasteiger partial charge on any atom is 0.407 e. The highest BCUT2D eigenvalue weighted by Crippen LogP contribution is 2.29. The fourth-order valence-electron chi connectivity index (χ4n) is 4.65. The molecular weight excluding hydrogens is 580 g/mol. The number of amides is 2. The van der Waals surface area contributed by atoms with Crippen molar-refractivity contribution in [1.82, 2.24) is 9.62 Å². The number of ether oxygens (including phenoxy) is 1. The summed E-state index contributed by atoms with van der Waals surface area (Å²) in [4.78, 5) is 26.0. The molecule has 0 spiro atoms. The van der Waals surface area contributed by atoms with E-state index in [1.165, 1.54) is 11.0 Å². The molecular formula is C34H36N2O7S. The molecule has 0 aliphatic rings. The number of carboxylic acid groups (broad SMARTS) is 1. The van der Waals surface area contributed by atoms with E-state index in [-0.39, 0.29) is 36.3 Å². The van der Waals surface area contributed by atoms with Gasteiger partial charge in [0.1, 0.15) is 5.75 Å². The first-order valence-corrected chi connectivity index (χ1v) is 15.9. The summed E-state index contributed by atoms with van der Waals surface area (Å²) in [6.07, 6.45) is -1.85. The van der Waals surface area contributed by atoms with E-state index in [9.17, 15) is 28.2 Å². The van der Waals surface area contributed by atoms with Crippen molar-refractivity contribution in [2.45, 2.75) is 38.2 Å². The Morgan fingerprint density at radius 2 is 1.45 bits per heavy atom. The zero-order valence-electron chi connectivity index (χ0n) is 24.6. The minimum absolute atomic E-state index is 0.0382. The van der Waals surface area contributed by atoms with Gasteiger partial charge in [0.2, 0.25) is 10.0 Å². The van der Waals surface area contributed by atoms with E-state index in [1.807, 2.05) is 44.2 Å². The summed E-state index contributed by atoms with van der Waals surface area (Å²) in [5, 5.41) is 20.1. The first-order chi connectivity index (χ1) is 21.0. The van der Waals surface area contributed by atoms with Crippen LogP contribution in [0, 0.1) is 0 Å². The lowest BCUT2D eigenvalue weighted by Crippen LogP contribution is -2.35. The van der Waals surface area contributed by atoms with Crippen molar-refractivity contribution in [2.24, 2.45) is 0 Å². The van der Waals surface area contributed by atoms with E-state index in [0.717, 1.165) is 16.7 Å². The topological polar surface area (TPSA) is 133 Å². The number of rotatable bonds is 13. The van der Waals surface area contributed by atoms with Gasteiger partial charge in [0, 0.05) is 6.54 Å². The Morgan fingerprint density at radius 1 is 0.841 bits per heavy atom. The number of carbonyl (C=O) groups excluding carboxylic acids is 1. The van der Waals surface area contributed by atoms with Gasteiger partial charge in [-0.05, 0) is 60.2 Å². The molecule has 0 fully saturated rings. The van der Waals surface area contributed by atoms with E-state index in [4.69, 9.17) is 4.74 Å². The van der Waals surface area contributed by atoms with Crippen molar-refractivity contribution in [3.63, 3.8) is 0 Å². The minimum atomic E-state index is -3.94. The molecule has 1 atom stereocenters. The number of nitrogens with one attached hydrogen (secondary N) is 1. The van der Waals surface area contributed by atoms with Gasteiger partial charge >= 0.3 is 6.09 Å². The Labute approximate surface area is 257 Å². The van der Waals surface area contributed by atoms with Crippen LogP contribution in [0.4, 0.5) is 4.79 Å². The molecule has 44 heavy (non-hydrogen) atoms. The van der Waals surface area contributed by atoms with Gasteiger partial charge < -0.3 is 19.8 Å². The molecule has 4 rings (SSSR count). The number of carbonyl (C=O) groups is 2. The second kappa shape index (κ2) is 14.7. The lowest BCUT2D eigenvalue weighted by Gasteiger charge is -2.22. The number of benzene rings is 4. The largest absolute Gasteiger partial charge is 0.490 e. The molecule has 0 bridgehead atoms. The van der Waals surface area contributed by atoms with Crippen LogP contribution in [0.25, 0.3) is 11.1 Å². The highest BCUT2D eigenvalue weighted by atomic mass is 32.2. The van der Waals surface area contributed by atoms with Gasteiger partial charge in [0.05, 0.1) is 30.1 Å². The van der Waals surface area contributed by atoms with E-state index >= 15 is 0 Å². The second-order valence-corrected chi connectivity index (χ2v) is 12.4. The molecule has 4 aromatic rings. The van der Waals surface area contributed by atoms with Crippen LogP contribution in [0.1, 0.15) is 47.0 Å². The molecule has 2 amide bonds. The third-order valence-corrected chi connectivity index (χ3v) is 8.05. The average molecular weight is 617 g/mol. The van der Waals surface area contributed by atoms with Crippen LogP contribution in [0.3, 0.4) is 0 Å². The fourth-order valence-corrected chi connectivity index (χ4v) is 5.75. The third-order valence-electron chi connectivity index (χ3n) is 6.84. The van der Waals surface area contributed by atoms with E-state index in [2.05, 4.69) is 4.72 Å². The summed E-state index contributed by atoms with van der Waals surface area (Å²) in [5.41, 5.74) is 3.82. The zero-order valence-corrected chi connectivity index (χ0v) is 25.4. The molecule has 0 aliphatic carbocycles. The highest BCUT2D eigenvalue weighted by Gasteiger charge is 2.22. The normalized spacial score (nSPS) is 12.0. The van der Waals surface area contributed by atoms with E-state index in [1.54, 1.807) is 66.7 Å². The standard InChI is InChI=1S/C34H36N2O7S/c1-24(2)43-32-21-29(17-18-30(32)33(38)35-44(41,42)23-26-9-5-3-6-10-26)27-15-13-25(14-16-27)19-20-36(34(39)40)22-31(37)28-11-7-4-8-12-28/h3-18,21,24,31,37H,19-20,22-23H2,1-2H3,(H,35,38)(H,39,40)/t31-/m0/s1. The zero-order chi connectivity index (χ0) is 31.7. The first-order valence-electron chi connectivity index (χ1n) is 14.2. The summed E-state index contributed by atoms with van der Waals surface area (Å²) in [7, 11) is -3.94. The predicted octanol–water partition coefficient (Wildman–Crippen LogP) is 5.66. The molecule has 9 nitrogen and oxygen atoms in total. The highest BCUT2D eigenvalue weighted by molar-refractivity contribution is 7.89. The Kier molecular flexibility index (Phi) is 10.8. The van der Waals surface area contributed by atoms with E-state index < -0.39 is 28.1 Å². The second-order valence-electron chi connectivity index (χ2n) is 10.7. The maximum atomic E-state index is 13.0. The van der Waals surface area contributed by atoms with Crippen molar-refractivity contribution in [3.8, 4) is 16.9 Å². The van der Waals surface area contributed by atoms with Gasteiger partial charge in [-0.25, -0.2) is 17.9 Å². The van der Waals surface area contributed by atoms with Crippen molar-refractivity contribution >= 4 is 22.0 Å². The SMILES string of the molecule is CC(C)Oc1cc(-c2ccc(CCN(C[C@H](O)c3ccccc3)C(=O)O)cc2)ccc1C(=O)NS(=O)(=O)Cc1ccccc1. The van der Waals surface area contributed by atoms with Crippen LogP contribution in [-0.4, -0.2) is 54.7 Å². The molecule has 0 saturated carbocycles. The Morgan fingerprint density at radius 3 is 2.07 bits per heavy atom. The van der Waals surface area contributed by atoms with Gasteiger partial charge in [-0.2, -0.15) is 0 Å². The van der Waals surface area contributed by atoms with Gasteiger partial charge in [0.25, 0.3) is 5.91 Å². The quantitative estimate of drug-likeness (QED) is 0.177. The summed E-state index contributed by atoms with van der Waals surface area (Å²) in [6, 6.07) is 30.1. The van der Waals surface area contributed by atoms with Crippen LogP contribution in [-0.2, 0) is 22.2 Å². The molecule has 3 N–H and O–H groups in total. The van der Waals surface area contributed by atoms with Gasteiger partial charge in [-0.15, -0.1) is 0 Å². The van der Waals surface area contributed by atoms with Crippen LogP contribution >= 0.6 is 0 Å². The molecule has 0 heterocycles. The van der Waals surface area contributed by atoms with Crippen molar-refractivity contribution < 1.29 is 33.0 Å². The van der Waals surface area contributed by atoms with Crippen LogP contribution in [0.2, 0.25) is 0 Å². The Balaban J connectivity index is 1.44. The summed E-state index contributed by atoms with van der Waals surface area (Å²) in [5.74, 6) is -0.857. The fraction of sp³-hybridized carbons (Fsp3) is 0.235. The van der Waals surface area contributed by atoms with E-state index in [0.29, 0.717) is 17.5 Å². The molecule has 0 saturated heterocycles. The first kappa shape index (κ1) is 32.2. The number of nitrogens with zero attached hydrogens (tertiary/aromatic N) is 1. The number of hydrogen-bond acceptors (Lipinski definition) is 6. The number of hydrogen-bond donors (Lipinski definition) is 3. The lowest BCUT2D eigenvalue weighted by atomic mass is 10.0. The number of aliphatic hydroxyl groups is 1. The smallest absolute Gasteiger partial charge is 0.407 e. The predicted molar refractivity (Wildman–Crippen MR) is 169 cm³/mol. The van der Waals surface area contributed by atoms with Gasteiger partial charge in [-0.3, -0.25) is 4.79 Å². The molecule has 230 valence electrons. The summed E-state index contributed by atoms with van der Waals surface area (Å²) in [6.45, 7) is 3.80. The molecule has 0 aromatic heterocycles. The average Bonchev–Trinajstić information content (AvgIpc) is 2.99. The summed E-state index contributed by atoms with van der Waals surface area (Å²) >= 11 is 0. The van der Waals surface area contributed by atoms with Crippen molar-refractivity contribution in [2.75, 3.05) is 13.1 Å². The minimum Gasteiger partial charge on any atom is -0.490 e. The molecule has 0 unspecified atom stereocenters. The Hall–Kier alpha value is -4.67. The van der Waals surface area contributed by atoms with Crippen molar-refractivity contribution in [1.29, 1.82) is 0 Å². The monoisotopic (exact) mass is 616 g/mol. The molecule has 10 heteroatoms. The molecule has 0 radical (unpaired) electrons. The van der Waals surface area contributed by atoms with Gasteiger partial charge in [-0.1, -0.05) is 91.0 Å². The van der Waals surface area contributed by atoms with Crippen LogP contribution in [0.15, 0.2) is 103 Å². The molecule has 4 aromatic carbocycles. The maximum absolute atomic E-state index is 13.0. The molecule has 0 aliphatic heterocycles. The van der Waals surface area contributed by atoms with Gasteiger partial charge in [0.15, 0.2) is 0 Å². The van der Waals surface area contributed by atoms with Crippen molar-refractivity contribution in [3.05, 3.63) is 125 Å². The van der Waals surface area contributed by atoms with Crippen LogP contribution in [0.5, 0.6) is 5.75 Å². The third kappa shape index (κ3) is 9.16. The Bertz CT molecular complexity index is 1660. The number of sulfonamides is 1. The summed E-state index contributed by atoms with van der Waals surface area (Å²) < 4.78 is 33.4. The lowest BCUT2D eigenvalue weighted by molar-refractivity contribution is 0.0970. The number of aliphatic hydroxyl groups excluding tert-OH is 1.